The highest BCUT2D eigenvalue weighted by Crippen LogP contribution is 2.22. The average Bonchev–Trinajstić information content (AvgIpc) is 2.18. The quantitative estimate of drug-likeness (QED) is 0.450. The van der Waals surface area contributed by atoms with Crippen LogP contribution in [-0.4, -0.2) is 63.8 Å². The monoisotopic (exact) mass is 222 g/mol. The van der Waals surface area contributed by atoms with E-state index in [0.717, 1.165) is 0 Å². The number of aliphatic hydroxyl groups excluding tert-OH is 4. The summed E-state index contributed by atoms with van der Waals surface area (Å²) in [4.78, 5) is 0. The smallest absolute Gasteiger partial charge is 0.186 e. The van der Waals surface area contributed by atoms with E-state index in [1.807, 2.05) is 0 Å². The molecule has 90 valence electrons. The van der Waals surface area contributed by atoms with E-state index in [1.165, 1.54) is 0 Å². The van der Waals surface area contributed by atoms with Crippen LogP contribution in [0.3, 0.4) is 0 Å². The van der Waals surface area contributed by atoms with E-state index in [-0.39, 0.29) is 6.10 Å². The van der Waals surface area contributed by atoms with Crippen LogP contribution in [0, 0.1) is 0 Å². The lowest BCUT2D eigenvalue weighted by molar-refractivity contribution is -0.308. The Morgan fingerprint density at radius 1 is 1.13 bits per heavy atom. The third kappa shape index (κ3) is 2.87. The van der Waals surface area contributed by atoms with Gasteiger partial charge in [-0.3, -0.25) is 0 Å². The highest BCUT2D eigenvalue weighted by Gasteiger charge is 2.44. The zero-order chi connectivity index (χ0) is 11.6. The summed E-state index contributed by atoms with van der Waals surface area (Å²) in [7, 11) is 0. The highest BCUT2D eigenvalue weighted by atomic mass is 16.7. The molecule has 1 aliphatic heterocycles. The van der Waals surface area contributed by atoms with Gasteiger partial charge in [0.25, 0.3) is 0 Å². The molecule has 4 N–H and O–H groups in total. The lowest BCUT2D eigenvalue weighted by Crippen LogP contribution is -2.59. The van der Waals surface area contributed by atoms with Gasteiger partial charge in [-0.25, -0.2) is 0 Å². The van der Waals surface area contributed by atoms with Crippen LogP contribution < -0.4 is 0 Å². The SMILES string of the molecule is CC(C)O[C@H]1OC(CO)[C@@H](O)[C@H](O)[C@@H]1O. The van der Waals surface area contributed by atoms with Crippen molar-refractivity contribution in [3.8, 4) is 0 Å². The van der Waals surface area contributed by atoms with E-state index in [9.17, 15) is 15.3 Å². The van der Waals surface area contributed by atoms with Gasteiger partial charge in [0, 0.05) is 0 Å². The van der Waals surface area contributed by atoms with E-state index in [4.69, 9.17) is 14.6 Å². The summed E-state index contributed by atoms with van der Waals surface area (Å²) < 4.78 is 10.3. The maximum absolute atomic E-state index is 9.53. The van der Waals surface area contributed by atoms with E-state index < -0.39 is 37.3 Å². The Hall–Kier alpha value is -0.240. The summed E-state index contributed by atoms with van der Waals surface area (Å²) in [6, 6.07) is 0. The van der Waals surface area contributed by atoms with Crippen molar-refractivity contribution in [3.05, 3.63) is 0 Å². The Morgan fingerprint density at radius 2 is 1.73 bits per heavy atom. The molecule has 0 spiro atoms. The van der Waals surface area contributed by atoms with Gasteiger partial charge in [0.1, 0.15) is 24.4 Å². The summed E-state index contributed by atoms with van der Waals surface area (Å²) in [6.07, 6.45) is -6.15. The molecule has 0 saturated carbocycles. The number of ether oxygens (including phenoxy) is 2. The van der Waals surface area contributed by atoms with Crippen molar-refractivity contribution < 1.29 is 29.9 Å². The first kappa shape index (κ1) is 12.8. The van der Waals surface area contributed by atoms with Gasteiger partial charge >= 0.3 is 0 Å². The first-order valence-electron chi connectivity index (χ1n) is 4.93. The molecule has 1 saturated heterocycles. The van der Waals surface area contributed by atoms with Crippen molar-refractivity contribution in [2.45, 2.75) is 50.7 Å². The molecule has 0 bridgehead atoms. The summed E-state index contributed by atoms with van der Waals surface area (Å²) in [6.45, 7) is 3.06. The zero-order valence-corrected chi connectivity index (χ0v) is 8.78. The van der Waals surface area contributed by atoms with Gasteiger partial charge in [-0.2, -0.15) is 0 Å². The molecule has 1 aliphatic rings. The van der Waals surface area contributed by atoms with E-state index in [2.05, 4.69) is 0 Å². The number of rotatable bonds is 3. The summed E-state index contributed by atoms with van der Waals surface area (Å²) in [5.74, 6) is 0. The van der Waals surface area contributed by atoms with Crippen LogP contribution >= 0.6 is 0 Å². The predicted molar refractivity (Wildman–Crippen MR) is 50.0 cm³/mol. The van der Waals surface area contributed by atoms with E-state index in [0.29, 0.717) is 0 Å². The number of hydrogen-bond donors (Lipinski definition) is 4. The molecule has 0 radical (unpaired) electrons. The number of hydrogen-bond acceptors (Lipinski definition) is 6. The van der Waals surface area contributed by atoms with Gasteiger partial charge in [-0.15, -0.1) is 0 Å². The molecular formula is C9H18O6. The van der Waals surface area contributed by atoms with Crippen molar-refractivity contribution in [2.24, 2.45) is 0 Å². The normalized spacial score (nSPS) is 42.2. The zero-order valence-electron chi connectivity index (χ0n) is 8.78. The molecular weight excluding hydrogens is 204 g/mol. The standard InChI is InChI=1S/C9H18O6/c1-4(2)14-9-8(13)7(12)6(11)5(3-10)15-9/h4-13H,3H2,1-2H3/t5?,6-,7+,8+,9+/m1/s1. The maximum atomic E-state index is 9.53. The molecule has 1 fully saturated rings. The first-order valence-corrected chi connectivity index (χ1v) is 4.93. The minimum atomic E-state index is -1.38. The van der Waals surface area contributed by atoms with Crippen molar-refractivity contribution in [1.82, 2.24) is 0 Å². The van der Waals surface area contributed by atoms with Gasteiger partial charge in [-0.05, 0) is 13.8 Å². The van der Waals surface area contributed by atoms with Crippen LogP contribution in [0.4, 0.5) is 0 Å². The molecule has 0 aromatic carbocycles. The van der Waals surface area contributed by atoms with Crippen molar-refractivity contribution >= 4 is 0 Å². The lowest BCUT2D eigenvalue weighted by Gasteiger charge is -2.40. The van der Waals surface area contributed by atoms with Crippen LogP contribution in [0.15, 0.2) is 0 Å². The predicted octanol–water partition coefficient (Wildman–Crippen LogP) is -1.79. The second-order valence-electron chi connectivity index (χ2n) is 3.88. The molecule has 0 aromatic heterocycles. The summed E-state index contributed by atoms with van der Waals surface area (Å²) >= 11 is 0. The minimum Gasteiger partial charge on any atom is -0.394 e. The molecule has 15 heavy (non-hydrogen) atoms. The second-order valence-corrected chi connectivity index (χ2v) is 3.88. The van der Waals surface area contributed by atoms with Crippen molar-refractivity contribution in [1.29, 1.82) is 0 Å². The Morgan fingerprint density at radius 3 is 2.20 bits per heavy atom. The summed E-state index contributed by atoms with van der Waals surface area (Å²) in [5.41, 5.74) is 0. The van der Waals surface area contributed by atoms with Gasteiger partial charge in [0.05, 0.1) is 12.7 Å². The number of aliphatic hydroxyl groups is 4. The van der Waals surface area contributed by atoms with E-state index >= 15 is 0 Å². The molecule has 1 unspecified atom stereocenters. The fourth-order valence-electron chi connectivity index (χ4n) is 1.45. The highest BCUT2D eigenvalue weighted by molar-refractivity contribution is 4.88. The molecule has 0 amide bonds. The Labute approximate surface area is 88.1 Å². The minimum absolute atomic E-state index is 0.188. The van der Waals surface area contributed by atoms with Crippen LogP contribution in [0.25, 0.3) is 0 Å². The van der Waals surface area contributed by atoms with Crippen LogP contribution in [-0.2, 0) is 9.47 Å². The van der Waals surface area contributed by atoms with Crippen LogP contribution in [0.1, 0.15) is 13.8 Å². The van der Waals surface area contributed by atoms with Crippen LogP contribution in [0.2, 0.25) is 0 Å². The largest absolute Gasteiger partial charge is 0.394 e. The Bertz CT molecular complexity index is 195. The van der Waals surface area contributed by atoms with Crippen molar-refractivity contribution in [3.63, 3.8) is 0 Å². The lowest BCUT2D eigenvalue weighted by atomic mass is 9.99. The average molecular weight is 222 g/mol. The molecule has 0 aliphatic carbocycles. The third-order valence-electron chi connectivity index (χ3n) is 2.25. The molecule has 1 rings (SSSR count). The van der Waals surface area contributed by atoms with Gasteiger partial charge in [0.2, 0.25) is 0 Å². The molecule has 6 nitrogen and oxygen atoms in total. The van der Waals surface area contributed by atoms with Crippen LogP contribution in [0.5, 0.6) is 0 Å². The molecule has 1 heterocycles. The molecule has 0 aromatic rings. The summed E-state index contributed by atoms with van der Waals surface area (Å²) in [5, 5.41) is 37.3. The second kappa shape index (κ2) is 5.20. The topological polar surface area (TPSA) is 99.4 Å². The fraction of sp³-hybridized carbons (Fsp3) is 1.00. The van der Waals surface area contributed by atoms with Gasteiger partial charge in [0.15, 0.2) is 6.29 Å². The first-order chi connectivity index (χ1) is 6.97. The van der Waals surface area contributed by atoms with Crippen molar-refractivity contribution in [2.75, 3.05) is 6.61 Å². The third-order valence-corrected chi connectivity index (χ3v) is 2.25. The van der Waals surface area contributed by atoms with Gasteiger partial charge in [-0.1, -0.05) is 0 Å². The molecule has 5 atom stereocenters. The Kier molecular flexibility index (Phi) is 4.45. The van der Waals surface area contributed by atoms with Gasteiger partial charge < -0.3 is 29.9 Å². The fourth-order valence-corrected chi connectivity index (χ4v) is 1.45. The Balaban J connectivity index is 2.65. The van der Waals surface area contributed by atoms with E-state index in [1.54, 1.807) is 13.8 Å². The maximum Gasteiger partial charge on any atom is 0.186 e. The molecule has 6 heteroatoms.